The van der Waals surface area contributed by atoms with Crippen molar-refractivity contribution in [2.75, 3.05) is 13.4 Å². The molecule has 0 saturated heterocycles. The van der Waals surface area contributed by atoms with Crippen LogP contribution in [0.25, 0.3) is 0 Å². The van der Waals surface area contributed by atoms with Crippen LogP contribution in [0.15, 0.2) is 21.8 Å². The lowest BCUT2D eigenvalue weighted by Crippen LogP contribution is -2.04. The summed E-state index contributed by atoms with van der Waals surface area (Å²) >= 11 is 2.21. The van der Waals surface area contributed by atoms with Crippen molar-refractivity contribution in [2.24, 2.45) is 0 Å². The van der Waals surface area contributed by atoms with Gasteiger partial charge in [-0.1, -0.05) is 0 Å². The van der Waals surface area contributed by atoms with Crippen LogP contribution in [0.3, 0.4) is 0 Å². The summed E-state index contributed by atoms with van der Waals surface area (Å²) in [5.74, 6) is 0. The van der Waals surface area contributed by atoms with Gasteiger partial charge in [0.15, 0.2) is 0 Å². The number of aromatic nitrogens is 1. The van der Waals surface area contributed by atoms with Gasteiger partial charge in [0.2, 0.25) is 5.03 Å². The fourth-order valence-electron chi connectivity index (χ4n) is 1.01. The molecule has 0 aliphatic heterocycles. The van der Waals surface area contributed by atoms with Gasteiger partial charge >= 0.3 is 0 Å². The zero-order valence-corrected chi connectivity index (χ0v) is 10.7. The Balaban J connectivity index is 3.07. The lowest BCUT2D eigenvalue weighted by atomic mass is 10.2. The van der Waals surface area contributed by atoms with Crippen LogP contribution in [0.1, 0.15) is 18.6 Å². The normalized spacial score (nSPS) is 15.2. The first-order valence-corrected chi connectivity index (χ1v) is 6.43. The molecular weight excluding hydrogens is 266 g/mol. The van der Waals surface area contributed by atoms with Gasteiger partial charge in [-0.2, -0.15) is 4.98 Å². The van der Waals surface area contributed by atoms with Crippen molar-refractivity contribution in [1.29, 1.82) is 0 Å². The summed E-state index contributed by atoms with van der Waals surface area (Å²) < 4.78 is 17.1. The van der Waals surface area contributed by atoms with Crippen LogP contribution in [0.2, 0.25) is 0 Å². The molecule has 0 spiro atoms. The second kappa shape index (κ2) is 5.11. The van der Waals surface area contributed by atoms with Gasteiger partial charge in [-0.25, -0.2) is 0 Å². The first-order valence-electron chi connectivity index (χ1n) is 4.08. The average molecular weight is 278 g/mol. The van der Waals surface area contributed by atoms with Crippen molar-refractivity contribution in [1.82, 2.24) is 4.98 Å². The zero-order valence-electron chi connectivity index (χ0n) is 8.28. The zero-order chi connectivity index (χ0) is 10.7. The number of hydrogen-bond donors (Lipinski definition) is 0. The third kappa shape index (κ3) is 2.95. The van der Waals surface area contributed by atoms with Crippen LogP contribution in [0.5, 0.6) is 0 Å². The van der Waals surface area contributed by atoms with E-state index in [2.05, 4.69) is 20.9 Å². The van der Waals surface area contributed by atoms with Gasteiger partial charge < -0.3 is 9.29 Å². The van der Waals surface area contributed by atoms with Crippen LogP contribution < -0.4 is 0 Å². The van der Waals surface area contributed by atoms with Gasteiger partial charge in [0.05, 0.1) is 6.10 Å². The number of nitrogens with zero attached hydrogens (tertiary/aromatic N) is 1. The standard InChI is InChI=1S/C9H12BrNO2S/c1-6(13-2)7-4-8(10)11-9(5-7)14(3)12/h4-6H,1-3H3. The summed E-state index contributed by atoms with van der Waals surface area (Å²) in [4.78, 5) is 4.11. The van der Waals surface area contributed by atoms with Crippen LogP contribution in [-0.2, 0) is 15.9 Å². The maximum absolute atomic E-state index is 11.2. The lowest BCUT2D eigenvalue weighted by Gasteiger charge is -2.11. The van der Waals surface area contributed by atoms with E-state index in [4.69, 9.17) is 4.74 Å². The van der Waals surface area contributed by atoms with E-state index in [0.29, 0.717) is 9.63 Å². The van der Waals surface area contributed by atoms with Gasteiger partial charge in [0.25, 0.3) is 0 Å². The second-order valence-corrected chi connectivity index (χ2v) is 5.03. The molecular formula is C9H12BrNO2S. The Hall–Kier alpha value is -0.100. The highest BCUT2D eigenvalue weighted by atomic mass is 79.9. The van der Waals surface area contributed by atoms with E-state index in [1.807, 2.05) is 13.0 Å². The van der Waals surface area contributed by atoms with Gasteiger partial charge in [-0.3, -0.25) is 0 Å². The molecule has 2 atom stereocenters. The Labute approximate surface area is 95.2 Å². The summed E-state index contributed by atoms with van der Waals surface area (Å²) in [7, 11) is 1.64. The van der Waals surface area contributed by atoms with E-state index >= 15 is 0 Å². The molecule has 5 heteroatoms. The predicted molar refractivity (Wildman–Crippen MR) is 59.7 cm³/mol. The first-order chi connectivity index (χ1) is 6.54. The molecule has 1 heterocycles. The van der Waals surface area contributed by atoms with Gasteiger partial charge in [0.1, 0.15) is 10.9 Å². The number of hydrogen-bond acceptors (Lipinski definition) is 3. The quantitative estimate of drug-likeness (QED) is 0.629. The van der Waals surface area contributed by atoms with Gasteiger partial charge in [0, 0.05) is 24.4 Å². The molecule has 2 unspecified atom stereocenters. The molecule has 0 aromatic carbocycles. The highest BCUT2D eigenvalue weighted by molar-refractivity contribution is 9.10. The molecule has 1 aromatic heterocycles. The van der Waals surface area contributed by atoms with Gasteiger partial charge in [-0.05, 0) is 34.5 Å². The van der Waals surface area contributed by atoms with E-state index < -0.39 is 11.2 Å². The molecule has 0 fully saturated rings. The largest absolute Gasteiger partial charge is 0.610 e. The Morgan fingerprint density at radius 2 is 2.21 bits per heavy atom. The van der Waals surface area contributed by atoms with Crippen LogP contribution in [0, 0.1) is 0 Å². The molecule has 0 N–H and O–H groups in total. The van der Waals surface area contributed by atoms with E-state index in [1.54, 1.807) is 19.4 Å². The lowest BCUT2D eigenvalue weighted by molar-refractivity contribution is 0.119. The first kappa shape index (κ1) is 12.0. The second-order valence-electron chi connectivity index (χ2n) is 2.89. The number of pyridine rings is 1. The fraction of sp³-hybridized carbons (Fsp3) is 0.444. The molecule has 78 valence electrons. The third-order valence-electron chi connectivity index (χ3n) is 1.91. The van der Waals surface area contributed by atoms with Crippen molar-refractivity contribution >= 4 is 27.1 Å². The molecule has 0 amide bonds. The number of ether oxygens (including phenoxy) is 1. The molecule has 0 radical (unpaired) electrons. The molecule has 1 aromatic rings. The van der Waals surface area contributed by atoms with Crippen molar-refractivity contribution < 1.29 is 9.29 Å². The third-order valence-corrected chi connectivity index (χ3v) is 3.11. The maximum Gasteiger partial charge on any atom is 0.245 e. The van der Waals surface area contributed by atoms with Crippen molar-refractivity contribution in [3.8, 4) is 0 Å². The SMILES string of the molecule is COC(C)c1cc(Br)nc([S+](C)[O-])c1. The van der Waals surface area contributed by atoms with Crippen LogP contribution in [-0.4, -0.2) is 22.9 Å². The molecule has 1 rings (SSSR count). The average Bonchev–Trinajstić information content (AvgIpc) is 2.15. The van der Waals surface area contributed by atoms with E-state index in [1.165, 1.54) is 0 Å². The smallest absolute Gasteiger partial charge is 0.245 e. The predicted octanol–water partition coefficient (Wildman–Crippen LogP) is 2.29. The van der Waals surface area contributed by atoms with Crippen LogP contribution in [0.4, 0.5) is 0 Å². The molecule has 3 nitrogen and oxygen atoms in total. The Morgan fingerprint density at radius 1 is 1.57 bits per heavy atom. The Bertz CT molecular complexity index is 320. The van der Waals surface area contributed by atoms with Gasteiger partial charge in [-0.15, -0.1) is 0 Å². The van der Waals surface area contributed by atoms with E-state index in [0.717, 1.165) is 5.56 Å². The maximum atomic E-state index is 11.2. The van der Waals surface area contributed by atoms with E-state index in [9.17, 15) is 4.55 Å². The number of halogens is 1. The topological polar surface area (TPSA) is 45.2 Å². The molecule has 0 saturated carbocycles. The van der Waals surface area contributed by atoms with Crippen molar-refractivity contribution in [3.05, 3.63) is 22.3 Å². The summed E-state index contributed by atoms with van der Waals surface area (Å²) in [5, 5.41) is 0.568. The summed E-state index contributed by atoms with van der Waals surface area (Å²) in [6.45, 7) is 1.93. The molecule has 14 heavy (non-hydrogen) atoms. The monoisotopic (exact) mass is 277 g/mol. The summed E-state index contributed by atoms with van der Waals surface area (Å²) in [5.41, 5.74) is 0.972. The minimum atomic E-state index is -1.06. The molecule has 0 bridgehead atoms. The number of rotatable bonds is 3. The molecule has 0 aliphatic carbocycles. The highest BCUT2D eigenvalue weighted by Gasteiger charge is 2.12. The fourth-order valence-corrected chi connectivity index (χ4v) is 2.11. The highest BCUT2D eigenvalue weighted by Crippen LogP contribution is 2.22. The minimum Gasteiger partial charge on any atom is -0.610 e. The van der Waals surface area contributed by atoms with E-state index in [-0.39, 0.29) is 6.10 Å². The van der Waals surface area contributed by atoms with Crippen molar-refractivity contribution in [3.63, 3.8) is 0 Å². The summed E-state index contributed by atoms with van der Waals surface area (Å²) in [6, 6.07) is 3.67. The Morgan fingerprint density at radius 3 is 2.71 bits per heavy atom. The summed E-state index contributed by atoms with van der Waals surface area (Å²) in [6.07, 6.45) is 1.59. The Kier molecular flexibility index (Phi) is 4.37. The number of methoxy groups -OCH3 is 1. The van der Waals surface area contributed by atoms with Crippen LogP contribution >= 0.6 is 15.9 Å². The van der Waals surface area contributed by atoms with Crippen molar-refractivity contribution in [2.45, 2.75) is 18.1 Å². The minimum absolute atomic E-state index is 0.0170. The molecule has 0 aliphatic rings.